The standard InChI is InChI=1S/C27H21N3O5/c31-26(16-28-22-10-5-8-18-6-1-3-9-21(18)22)30-29-15-20-7-2-4-11-23(20)35-27(32)19-12-13-24-25(14-19)34-17-33-24/h1-15,28H,16-17H2,(H,30,31). The van der Waals surface area contributed by atoms with Crippen molar-refractivity contribution in [2.75, 3.05) is 18.7 Å². The van der Waals surface area contributed by atoms with Crippen molar-refractivity contribution >= 4 is 34.6 Å². The first-order valence-corrected chi connectivity index (χ1v) is 10.9. The van der Waals surface area contributed by atoms with Crippen molar-refractivity contribution in [3.63, 3.8) is 0 Å². The Hall–Kier alpha value is -4.85. The van der Waals surface area contributed by atoms with Gasteiger partial charge >= 0.3 is 5.97 Å². The molecule has 174 valence electrons. The molecule has 4 aromatic carbocycles. The van der Waals surface area contributed by atoms with Gasteiger partial charge in [-0.25, -0.2) is 10.2 Å². The van der Waals surface area contributed by atoms with Crippen molar-refractivity contribution in [3.8, 4) is 17.2 Å². The summed E-state index contributed by atoms with van der Waals surface area (Å²) in [6.45, 7) is 0.169. The quantitative estimate of drug-likeness (QED) is 0.182. The highest BCUT2D eigenvalue weighted by Gasteiger charge is 2.18. The van der Waals surface area contributed by atoms with E-state index in [1.54, 1.807) is 42.5 Å². The number of ether oxygens (including phenoxy) is 3. The van der Waals surface area contributed by atoms with Gasteiger partial charge < -0.3 is 19.5 Å². The van der Waals surface area contributed by atoms with Crippen LogP contribution in [-0.2, 0) is 4.79 Å². The fourth-order valence-corrected chi connectivity index (χ4v) is 3.63. The molecule has 0 saturated carbocycles. The predicted molar refractivity (Wildman–Crippen MR) is 132 cm³/mol. The third kappa shape index (κ3) is 5.06. The van der Waals surface area contributed by atoms with Crippen LogP contribution in [0.25, 0.3) is 10.8 Å². The van der Waals surface area contributed by atoms with E-state index in [1.165, 1.54) is 6.21 Å². The van der Waals surface area contributed by atoms with Gasteiger partial charge in [0.1, 0.15) is 5.75 Å². The number of esters is 1. The molecule has 35 heavy (non-hydrogen) atoms. The van der Waals surface area contributed by atoms with E-state index >= 15 is 0 Å². The first-order chi connectivity index (χ1) is 17.2. The van der Waals surface area contributed by atoms with Crippen LogP contribution >= 0.6 is 0 Å². The Labute approximate surface area is 201 Å². The summed E-state index contributed by atoms with van der Waals surface area (Å²) in [5, 5.41) is 9.26. The number of nitrogens with zero attached hydrogens (tertiary/aromatic N) is 1. The normalized spacial score (nSPS) is 12.0. The Balaban J connectivity index is 1.20. The summed E-state index contributed by atoms with van der Waals surface area (Å²) >= 11 is 0. The molecule has 0 unspecified atom stereocenters. The van der Waals surface area contributed by atoms with Crippen molar-refractivity contribution in [2.45, 2.75) is 0 Å². The molecule has 4 aromatic rings. The lowest BCUT2D eigenvalue weighted by Crippen LogP contribution is -2.26. The van der Waals surface area contributed by atoms with Gasteiger partial charge in [0.15, 0.2) is 11.5 Å². The molecule has 8 nitrogen and oxygen atoms in total. The maximum Gasteiger partial charge on any atom is 0.343 e. The molecule has 0 atom stereocenters. The van der Waals surface area contributed by atoms with Crippen LogP contribution < -0.4 is 25.0 Å². The number of nitrogens with one attached hydrogen (secondary N) is 2. The Bertz CT molecular complexity index is 1430. The Morgan fingerprint density at radius 2 is 1.71 bits per heavy atom. The minimum Gasteiger partial charge on any atom is -0.454 e. The van der Waals surface area contributed by atoms with E-state index in [0.29, 0.717) is 28.4 Å². The number of anilines is 1. The maximum atomic E-state index is 12.6. The molecule has 0 spiro atoms. The SMILES string of the molecule is O=C(CNc1cccc2ccccc12)NN=Cc1ccccc1OC(=O)c1ccc2c(c1)OCO2. The lowest BCUT2D eigenvalue weighted by molar-refractivity contribution is -0.119. The van der Waals surface area contributed by atoms with E-state index in [0.717, 1.165) is 16.5 Å². The van der Waals surface area contributed by atoms with Gasteiger partial charge in [0.05, 0.1) is 18.3 Å². The van der Waals surface area contributed by atoms with Gasteiger partial charge in [-0.15, -0.1) is 0 Å². The molecule has 0 aromatic heterocycles. The summed E-state index contributed by atoms with van der Waals surface area (Å²) in [7, 11) is 0. The third-order valence-electron chi connectivity index (χ3n) is 5.35. The number of benzene rings is 4. The first kappa shape index (κ1) is 22.0. The second-order valence-electron chi connectivity index (χ2n) is 7.67. The summed E-state index contributed by atoms with van der Waals surface area (Å²) in [6.07, 6.45) is 1.43. The molecule has 1 amide bonds. The summed E-state index contributed by atoms with van der Waals surface area (Å²) in [5.74, 6) is 0.521. The molecule has 1 heterocycles. The molecular weight excluding hydrogens is 446 g/mol. The average Bonchev–Trinajstić information content (AvgIpc) is 3.36. The molecule has 0 saturated heterocycles. The Kier molecular flexibility index (Phi) is 6.25. The van der Waals surface area contributed by atoms with Crippen LogP contribution in [0, 0.1) is 0 Å². The molecule has 0 radical (unpaired) electrons. The van der Waals surface area contributed by atoms with Crippen molar-refractivity contribution in [1.82, 2.24) is 5.43 Å². The van der Waals surface area contributed by atoms with Crippen molar-refractivity contribution in [2.24, 2.45) is 5.10 Å². The van der Waals surface area contributed by atoms with E-state index < -0.39 is 5.97 Å². The molecule has 8 heteroatoms. The van der Waals surface area contributed by atoms with Gasteiger partial charge in [0.2, 0.25) is 6.79 Å². The van der Waals surface area contributed by atoms with Crippen molar-refractivity contribution in [1.29, 1.82) is 0 Å². The molecule has 0 bridgehead atoms. The van der Waals surface area contributed by atoms with Gasteiger partial charge in [0.25, 0.3) is 5.91 Å². The van der Waals surface area contributed by atoms with E-state index in [-0.39, 0.29) is 19.2 Å². The number of amides is 1. The van der Waals surface area contributed by atoms with Crippen molar-refractivity contribution in [3.05, 3.63) is 96.1 Å². The fraction of sp³-hybridized carbons (Fsp3) is 0.0741. The molecule has 2 N–H and O–H groups in total. The number of para-hydroxylation sites is 1. The monoisotopic (exact) mass is 467 g/mol. The van der Waals surface area contributed by atoms with Gasteiger partial charge in [-0.2, -0.15) is 5.10 Å². The lowest BCUT2D eigenvalue weighted by atomic mass is 10.1. The largest absolute Gasteiger partial charge is 0.454 e. The van der Waals surface area contributed by atoms with E-state index in [9.17, 15) is 9.59 Å². The average molecular weight is 467 g/mol. The summed E-state index contributed by atoms with van der Waals surface area (Å²) in [4.78, 5) is 24.9. The molecule has 0 fully saturated rings. The maximum absolute atomic E-state index is 12.6. The Morgan fingerprint density at radius 3 is 2.66 bits per heavy atom. The minimum absolute atomic E-state index is 0.0477. The van der Waals surface area contributed by atoms with Crippen LogP contribution in [0.5, 0.6) is 17.2 Å². The zero-order valence-corrected chi connectivity index (χ0v) is 18.6. The zero-order valence-electron chi connectivity index (χ0n) is 18.6. The van der Waals surface area contributed by atoms with E-state index in [1.807, 2.05) is 42.5 Å². The fourth-order valence-electron chi connectivity index (χ4n) is 3.63. The second-order valence-corrected chi connectivity index (χ2v) is 7.67. The highest BCUT2D eigenvalue weighted by Crippen LogP contribution is 2.33. The van der Waals surface area contributed by atoms with Gasteiger partial charge in [-0.05, 0) is 41.8 Å². The summed E-state index contributed by atoms with van der Waals surface area (Å²) < 4.78 is 16.1. The second kappa shape index (κ2) is 9.96. The number of hydrazone groups is 1. The van der Waals surface area contributed by atoms with Crippen LogP contribution in [0.15, 0.2) is 90.0 Å². The molecular formula is C27H21N3O5. The van der Waals surface area contributed by atoms with Crippen LogP contribution in [-0.4, -0.2) is 31.4 Å². The molecule has 1 aliphatic rings. The van der Waals surface area contributed by atoms with Gasteiger partial charge in [-0.1, -0.05) is 48.5 Å². The highest BCUT2D eigenvalue weighted by molar-refractivity contribution is 5.96. The first-order valence-electron chi connectivity index (χ1n) is 10.9. The van der Waals surface area contributed by atoms with Crippen molar-refractivity contribution < 1.29 is 23.8 Å². The number of carbonyl (C=O) groups is 2. The van der Waals surface area contributed by atoms with Crippen LogP contribution in [0.4, 0.5) is 5.69 Å². The van der Waals surface area contributed by atoms with Gasteiger partial charge in [0, 0.05) is 16.6 Å². The minimum atomic E-state index is -0.549. The third-order valence-corrected chi connectivity index (χ3v) is 5.35. The van der Waals surface area contributed by atoms with E-state index in [4.69, 9.17) is 14.2 Å². The summed E-state index contributed by atoms with van der Waals surface area (Å²) in [6, 6.07) is 25.5. The van der Waals surface area contributed by atoms with Crippen LogP contribution in [0.2, 0.25) is 0 Å². The number of hydrogen-bond acceptors (Lipinski definition) is 7. The number of carbonyl (C=O) groups excluding carboxylic acids is 2. The number of hydrogen-bond donors (Lipinski definition) is 2. The molecule has 1 aliphatic heterocycles. The lowest BCUT2D eigenvalue weighted by Gasteiger charge is -2.09. The highest BCUT2D eigenvalue weighted by atomic mass is 16.7. The zero-order chi connectivity index (χ0) is 24.0. The Morgan fingerprint density at radius 1 is 0.914 bits per heavy atom. The molecule has 0 aliphatic carbocycles. The molecule has 5 rings (SSSR count). The number of rotatable bonds is 7. The summed E-state index contributed by atoms with van der Waals surface area (Å²) in [5.41, 5.74) is 4.21. The number of fused-ring (bicyclic) bond motifs is 2. The topological polar surface area (TPSA) is 98.2 Å². The smallest absolute Gasteiger partial charge is 0.343 e. The van der Waals surface area contributed by atoms with Crippen LogP contribution in [0.3, 0.4) is 0 Å². The predicted octanol–water partition coefficient (Wildman–Crippen LogP) is 4.35. The van der Waals surface area contributed by atoms with Gasteiger partial charge in [-0.3, -0.25) is 4.79 Å². The van der Waals surface area contributed by atoms with Crippen LogP contribution in [0.1, 0.15) is 15.9 Å². The van der Waals surface area contributed by atoms with E-state index in [2.05, 4.69) is 15.8 Å².